The van der Waals surface area contributed by atoms with Gasteiger partial charge in [-0.05, 0) is 46.3 Å². The van der Waals surface area contributed by atoms with Crippen molar-refractivity contribution in [1.82, 2.24) is 0 Å². The first-order valence-corrected chi connectivity index (χ1v) is 6.58. The van der Waals surface area contributed by atoms with Crippen LogP contribution in [0.15, 0.2) is 40.9 Å². The summed E-state index contributed by atoms with van der Waals surface area (Å²) in [5.74, 6) is 0.178. The molecule has 0 unspecified atom stereocenters. The summed E-state index contributed by atoms with van der Waals surface area (Å²) in [5, 5.41) is 0. The second-order valence-corrected chi connectivity index (χ2v) is 4.88. The summed E-state index contributed by atoms with van der Waals surface area (Å²) in [7, 11) is 2.99. The van der Waals surface area contributed by atoms with Gasteiger partial charge in [-0.3, -0.25) is 4.79 Å². The molecule has 0 saturated carbocycles. The molecule has 0 heterocycles. The van der Waals surface area contributed by atoms with Gasteiger partial charge in [0.15, 0.2) is 5.78 Å². The Morgan fingerprint density at radius 1 is 1.10 bits per heavy atom. The van der Waals surface area contributed by atoms with Crippen LogP contribution in [0.4, 0.5) is 4.39 Å². The monoisotopic (exact) mass is 338 g/mol. The van der Waals surface area contributed by atoms with Gasteiger partial charge in [0.25, 0.3) is 0 Å². The Morgan fingerprint density at radius 3 is 2.45 bits per heavy atom. The maximum atomic E-state index is 13.5. The van der Waals surface area contributed by atoms with E-state index < -0.39 is 5.82 Å². The molecule has 0 spiro atoms. The maximum Gasteiger partial charge on any atom is 0.196 e. The number of ether oxygens (including phenoxy) is 2. The highest BCUT2D eigenvalue weighted by Crippen LogP contribution is 2.27. The Balaban J connectivity index is 2.44. The minimum atomic E-state index is -0.483. The highest BCUT2D eigenvalue weighted by Gasteiger charge is 2.16. The molecule has 0 bridgehead atoms. The molecule has 20 heavy (non-hydrogen) atoms. The minimum absolute atomic E-state index is 0.258. The normalized spacial score (nSPS) is 10.2. The first-order chi connectivity index (χ1) is 9.56. The van der Waals surface area contributed by atoms with E-state index in [2.05, 4.69) is 15.9 Å². The first-order valence-electron chi connectivity index (χ1n) is 5.78. The fourth-order valence-corrected chi connectivity index (χ4v) is 2.03. The van der Waals surface area contributed by atoms with E-state index in [9.17, 15) is 9.18 Å². The lowest BCUT2D eigenvalue weighted by Crippen LogP contribution is -2.05. The highest BCUT2D eigenvalue weighted by atomic mass is 79.9. The molecule has 0 aromatic heterocycles. The van der Waals surface area contributed by atoms with Crippen LogP contribution in [0.2, 0.25) is 0 Å². The van der Waals surface area contributed by atoms with Gasteiger partial charge in [0.05, 0.1) is 24.3 Å². The van der Waals surface area contributed by atoms with E-state index >= 15 is 0 Å². The number of carbonyl (C=O) groups is 1. The van der Waals surface area contributed by atoms with E-state index in [0.29, 0.717) is 21.5 Å². The van der Waals surface area contributed by atoms with Crippen molar-refractivity contribution >= 4 is 21.7 Å². The molecule has 2 aromatic carbocycles. The Bertz CT molecular complexity index is 656. The standard InChI is InChI=1S/C15H12BrFO3/c1-19-10-4-5-11(14(8-10)20-2)15(18)9-3-6-12(16)13(17)7-9/h3-8H,1-2H3. The number of carbonyl (C=O) groups excluding carboxylic acids is 1. The maximum absolute atomic E-state index is 13.5. The molecule has 0 fully saturated rings. The predicted octanol–water partition coefficient (Wildman–Crippen LogP) is 3.84. The number of rotatable bonds is 4. The number of methoxy groups -OCH3 is 2. The lowest BCUT2D eigenvalue weighted by molar-refractivity contribution is 0.103. The minimum Gasteiger partial charge on any atom is -0.497 e. The zero-order valence-corrected chi connectivity index (χ0v) is 12.5. The Kier molecular flexibility index (Phi) is 4.39. The van der Waals surface area contributed by atoms with Crippen LogP contribution in [0.25, 0.3) is 0 Å². The molecule has 2 rings (SSSR count). The third kappa shape index (κ3) is 2.82. The van der Waals surface area contributed by atoms with Crippen molar-refractivity contribution in [2.24, 2.45) is 0 Å². The van der Waals surface area contributed by atoms with Crippen LogP contribution in [-0.4, -0.2) is 20.0 Å². The van der Waals surface area contributed by atoms with Crippen LogP contribution < -0.4 is 9.47 Å². The molecule has 0 aliphatic heterocycles. The lowest BCUT2D eigenvalue weighted by Gasteiger charge is -2.10. The number of halogens is 2. The summed E-state index contributed by atoms with van der Waals surface area (Å²) in [6, 6.07) is 9.11. The SMILES string of the molecule is COc1ccc(C(=O)c2ccc(Br)c(F)c2)c(OC)c1. The van der Waals surface area contributed by atoms with Crippen molar-refractivity contribution in [1.29, 1.82) is 0 Å². The smallest absolute Gasteiger partial charge is 0.196 e. The van der Waals surface area contributed by atoms with Gasteiger partial charge >= 0.3 is 0 Å². The van der Waals surface area contributed by atoms with Gasteiger partial charge in [-0.1, -0.05) is 0 Å². The van der Waals surface area contributed by atoms with Crippen molar-refractivity contribution in [2.45, 2.75) is 0 Å². The first kappa shape index (κ1) is 14.5. The summed E-state index contributed by atoms with van der Waals surface area (Å²) in [4.78, 5) is 12.4. The number of benzene rings is 2. The number of hydrogen-bond acceptors (Lipinski definition) is 3. The quantitative estimate of drug-likeness (QED) is 0.794. The topological polar surface area (TPSA) is 35.5 Å². The van der Waals surface area contributed by atoms with Crippen LogP contribution in [0, 0.1) is 5.82 Å². The summed E-state index contributed by atoms with van der Waals surface area (Å²) < 4.78 is 24.1. The zero-order valence-electron chi connectivity index (χ0n) is 10.9. The van der Waals surface area contributed by atoms with Gasteiger partial charge in [-0.25, -0.2) is 4.39 Å². The molecule has 3 nitrogen and oxygen atoms in total. The van der Waals surface area contributed by atoms with Crippen molar-refractivity contribution in [3.8, 4) is 11.5 Å². The average molecular weight is 339 g/mol. The van der Waals surface area contributed by atoms with Gasteiger partial charge < -0.3 is 9.47 Å². The molecule has 0 amide bonds. The van der Waals surface area contributed by atoms with E-state index in [-0.39, 0.29) is 11.3 Å². The van der Waals surface area contributed by atoms with Crippen LogP contribution in [0.1, 0.15) is 15.9 Å². The van der Waals surface area contributed by atoms with Gasteiger partial charge in [0.2, 0.25) is 0 Å². The van der Waals surface area contributed by atoms with Crippen LogP contribution in [-0.2, 0) is 0 Å². The van der Waals surface area contributed by atoms with Crippen molar-refractivity contribution < 1.29 is 18.7 Å². The van der Waals surface area contributed by atoms with Crippen LogP contribution in [0.5, 0.6) is 11.5 Å². The molecule has 0 atom stereocenters. The van der Waals surface area contributed by atoms with E-state index in [0.717, 1.165) is 0 Å². The molecule has 104 valence electrons. The fourth-order valence-electron chi connectivity index (χ4n) is 1.78. The Labute approximate surface area is 124 Å². The fraction of sp³-hybridized carbons (Fsp3) is 0.133. The predicted molar refractivity (Wildman–Crippen MR) is 77.1 cm³/mol. The van der Waals surface area contributed by atoms with Crippen LogP contribution in [0.3, 0.4) is 0 Å². The van der Waals surface area contributed by atoms with Crippen LogP contribution >= 0.6 is 15.9 Å². The molecular formula is C15H12BrFO3. The molecule has 0 aliphatic carbocycles. The summed E-state index contributed by atoms with van der Waals surface area (Å²) in [6.45, 7) is 0. The largest absolute Gasteiger partial charge is 0.497 e. The second kappa shape index (κ2) is 6.05. The lowest BCUT2D eigenvalue weighted by atomic mass is 10.0. The van der Waals surface area contributed by atoms with Gasteiger partial charge in [0.1, 0.15) is 17.3 Å². The number of ketones is 1. The molecule has 0 saturated heterocycles. The summed E-state index contributed by atoms with van der Waals surface area (Å²) >= 11 is 3.05. The Morgan fingerprint density at radius 2 is 1.85 bits per heavy atom. The zero-order chi connectivity index (χ0) is 14.7. The summed E-state index contributed by atoms with van der Waals surface area (Å²) in [6.07, 6.45) is 0. The van der Waals surface area contributed by atoms with Gasteiger partial charge in [0, 0.05) is 11.6 Å². The van der Waals surface area contributed by atoms with E-state index in [4.69, 9.17) is 9.47 Å². The molecule has 0 N–H and O–H groups in total. The van der Waals surface area contributed by atoms with Crippen molar-refractivity contribution in [2.75, 3.05) is 14.2 Å². The van der Waals surface area contributed by atoms with E-state index in [1.807, 2.05) is 0 Å². The molecule has 0 radical (unpaired) electrons. The van der Waals surface area contributed by atoms with Gasteiger partial charge in [-0.15, -0.1) is 0 Å². The Hall–Kier alpha value is -1.88. The average Bonchev–Trinajstić information content (AvgIpc) is 2.48. The molecule has 5 heteroatoms. The highest BCUT2D eigenvalue weighted by molar-refractivity contribution is 9.10. The third-order valence-corrected chi connectivity index (χ3v) is 3.48. The molecular weight excluding hydrogens is 327 g/mol. The van der Waals surface area contributed by atoms with Gasteiger partial charge in [-0.2, -0.15) is 0 Å². The number of hydrogen-bond donors (Lipinski definition) is 0. The third-order valence-electron chi connectivity index (χ3n) is 2.84. The van der Waals surface area contributed by atoms with E-state index in [1.165, 1.54) is 26.4 Å². The van der Waals surface area contributed by atoms with E-state index in [1.54, 1.807) is 24.3 Å². The summed E-state index contributed by atoms with van der Waals surface area (Å²) in [5.41, 5.74) is 0.615. The van der Waals surface area contributed by atoms with Crippen molar-refractivity contribution in [3.05, 3.63) is 57.8 Å². The second-order valence-electron chi connectivity index (χ2n) is 4.02. The molecule has 2 aromatic rings. The van der Waals surface area contributed by atoms with Crippen molar-refractivity contribution in [3.63, 3.8) is 0 Å². The molecule has 0 aliphatic rings.